The molecule has 1 fully saturated rings. The highest BCUT2D eigenvalue weighted by molar-refractivity contribution is 5.99. The standard InChI is InChI=1S/C11H17NO4/c1-7(2)12-6-8(4-10(12)14)9(13)5-11(15)16-3/h7-8H,4-6H2,1-3H3/t8-/m1/s1. The van der Waals surface area contributed by atoms with Crippen LogP contribution in [0.4, 0.5) is 0 Å². The Morgan fingerprint density at radius 2 is 2.12 bits per heavy atom. The van der Waals surface area contributed by atoms with Crippen molar-refractivity contribution in [3.8, 4) is 0 Å². The largest absolute Gasteiger partial charge is 0.469 e. The molecule has 0 N–H and O–H groups in total. The number of rotatable bonds is 4. The van der Waals surface area contributed by atoms with E-state index in [1.54, 1.807) is 4.90 Å². The fourth-order valence-electron chi connectivity index (χ4n) is 1.81. The molecule has 0 unspecified atom stereocenters. The van der Waals surface area contributed by atoms with Crippen LogP contribution in [0.1, 0.15) is 26.7 Å². The summed E-state index contributed by atoms with van der Waals surface area (Å²) >= 11 is 0. The van der Waals surface area contributed by atoms with E-state index in [0.717, 1.165) is 0 Å². The van der Waals surface area contributed by atoms with Gasteiger partial charge in [-0.25, -0.2) is 0 Å². The van der Waals surface area contributed by atoms with Gasteiger partial charge in [0.1, 0.15) is 12.2 Å². The summed E-state index contributed by atoms with van der Waals surface area (Å²) in [5.41, 5.74) is 0. The van der Waals surface area contributed by atoms with Gasteiger partial charge in [0.2, 0.25) is 5.91 Å². The highest BCUT2D eigenvalue weighted by atomic mass is 16.5. The van der Waals surface area contributed by atoms with Crippen LogP contribution in [-0.2, 0) is 19.1 Å². The van der Waals surface area contributed by atoms with Crippen molar-refractivity contribution in [3.63, 3.8) is 0 Å². The monoisotopic (exact) mass is 227 g/mol. The fourth-order valence-corrected chi connectivity index (χ4v) is 1.81. The van der Waals surface area contributed by atoms with Gasteiger partial charge >= 0.3 is 5.97 Å². The summed E-state index contributed by atoms with van der Waals surface area (Å²) in [6.45, 7) is 4.24. The van der Waals surface area contributed by atoms with E-state index in [9.17, 15) is 14.4 Å². The summed E-state index contributed by atoms with van der Waals surface area (Å²) < 4.78 is 4.42. The summed E-state index contributed by atoms with van der Waals surface area (Å²) in [7, 11) is 1.25. The quantitative estimate of drug-likeness (QED) is 0.514. The van der Waals surface area contributed by atoms with Gasteiger partial charge in [-0.15, -0.1) is 0 Å². The van der Waals surface area contributed by atoms with Gasteiger partial charge in [0.15, 0.2) is 0 Å². The van der Waals surface area contributed by atoms with Crippen LogP contribution in [0.15, 0.2) is 0 Å². The molecule has 0 spiro atoms. The molecule has 90 valence electrons. The molecular formula is C11H17NO4. The normalized spacial score (nSPS) is 20.4. The zero-order valence-corrected chi connectivity index (χ0v) is 9.86. The van der Waals surface area contributed by atoms with E-state index < -0.39 is 5.97 Å². The minimum absolute atomic E-state index is 0.0155. The van der Waals surface area contributed by atoms with Crippen molar-refractivity contribution in [1.29, 1.82) is 0 Å². The lowest BCUT2D eigenvalue weighted by Crippen LogP contribution is -2.33. The molecule has 16 heavy (non-hydrogen) atoms. The molecule has 5 nitrogen and oxygen atoms in total. The first-order valence-corrected chi connectivity index (χ1v) is 5.34. The Kier molecular flexibility index (Phi) is 4.04. The number of likely N-dealkylation sites (tertiary alicyclic amines) is 1. The molecule has 0 saturated carbocycles. The first-order valence-electron chi connectivity index (χ1n) is 5.34. The zero-order valence-electron chi connectivity index (χ0n) is 9.86. The number of nitrogens with zero attached hydrogens (tertiary/aromatic N) is 1. The van der Waals surface area contributed by atoms with Gasteiger partial charge < -0.3 is 9.64 Å². The van der Waals surface area contributed by atoms with Crippen LogP contribution in [0.25, 0.3) is 0 Å². The summed E-state index contributed by atoms with van der Waals surface area (Å²) in [5.74, 6) is -1.11. The minimum atomic E-state index is -0.541. The van der Waals surface area contributed by atoms with Crippen LogP contribution in [0.3, 0.4) is 0 Å². The van der Waals surface area contributed by atoms with Crippen LogP contribution in [0.2, 0.25) is 0 Å². The number of hydrogen-bond donors (Lipinski definition) is 0. The van der Waals surface area contributed by atoms with Gasteiger partial charge in [-0.1, -0.05) is 0 Å². The molecule has 0 aromatic rings. The van der Waals surface area contributed by atoms with Crippen molar-refractivity contribution in [3.05, 3.63) is 0 Å². The van der Waals surface area contributed by atoms with E-state index in [4.69, 9.17) is 0 Å². The van der Waals surface area contributed by atoms with E-state index in [0.29, 0.717) is 6.54 Å². The average molecular weight is 227 g/mol. The molecule has 1 saturated heterocycles. The Balaban J connectivity index is 2.55. The van der Waals surface area contributed by atoms with E-state index in [1.165, 1.54) is 7.11 Å². The molecule has 1 atom stereocenters. The second kappa shape index (κ2) is 5.09. The lowest BCUT2D eigenvalue weighted by atomic mass is 10.0. The molecule has 0 aliphatic carbocycles. The number of ether oxygens (including phenoxy) is 1. The molecule has 0 bridgehead atoms. The van der Waals surface area contributed by atoms with Crippen LogP contribution in [0, 0.1) is 5.92 Å². The predicted octanol–water partition coefficient (Wildman–Crippen LogP) is 0.375. The summed E-state index contributed by atoms with van der Waals surface area (Å²) in [4.78, 5) is 35.8. The van der Waals surface area contributed by atoms with Gasteiger partial charge in [-0.2, -0.15) is 0 Å². The molecule has 1 aliphatic heterocycles. The number of amides is 1. The fraction of sp³-hybridized carbons (Fsp3) is 0.727. The number of Topliss-reactive ketones (excluding diaryl/α,β-unsaturated/α-hetero) is 1. The third-order valence-electron chi connectivity index (χ3n) is 2.78. The number of carbonyl (C=O) groups excluding carboxylic acids is 3. The third-order valence-corrected chi connectivity index (χ3v) is 2.78. The first-order chi connectivity index (χ1) is 7.45. The first kappa shape index (κ1) is 12.7. The molecule has 0 aromatic heterocycles. The van der Waals surface area contributed by atoms with Crippen LogP contribution in [0.5, 0.6) is 0 Å². The minimum Gasteiger partial charge on any atom is -0.469 e. The second-order valence-corrected chi connectivity index (χ2v) is 4.26. The lowest BCUT2D eigenvalue weighted by Gasteiger charge is -2.20. The third kappa shape index (κ3) is 2.81. The van der Waals surface area contributed by atoms with Crippen molar-refractivity contribution in [2.24, 2.45) is 5.92 Å². The van der Waals surface area contributed by atoms with Crippen molar-refractivity contribution in [2.45, 2.75) is 32.7 Å². The Hall–Kier alpha value is -1.39. The summed E-state index contributed by atoms with van der Waals surface area (Å²) in [5, 5.41) is 0. The number of hydrogen-bond acceptors (Lipinski definition) is 4. The van der Waals surface area contributed by atoms with Crippen LogP contribution in [-0.4, -0.2) is 42.3 Å². The molecule has 0 radical (unpaired) electrons. The smallest absolute Gasteiger partial charge is 0.313 e. The van der Waals surface area contributed by atoms with Crippen LogP contribution >= 0.6 is 0 Å². The topological polar surface area (TPSA) is 63.7 Å². The van der Waals surface area contributed by atoms with Gasteiger partial charge in [-0.05, 0) is 13.8 Å². The maximum atomic E-state index is 11.6. The van der Waals surface area contributed by atoms with E-state index in [2.05, 4.69) is 4.74 Å². The van der Waals surface area contributed by atoms with Gasteiger partial charge in [0.05, 0.1) is 7.11 Å². The second-order valence-electron chi connectivity index (χ2n) is 4.26. The van der Waals surface area contributed by atoms with Gasteiger partial charge in [-0.3, -0.25) is 14.4 Å². The van der Waals surface area contributed by atoms with Crippen molar-refractivity contribution >= 4 is 17.7 Å². The lowest BCUT2D eigenvalue weighted by molar-refractivity contribution is -0.144. The summed E-state index contributed by atoms with van der Waals surface area (Å²) in [6, 6.07) is 0.100. The Bertz CT molecular complexity index is 311. The maximum absolute atomic E-state index is 11.6. The Morgan fingerprint density at radius 3 is 2.56 bits per heavy atom. The number of ketones is 1. The molecule has 1 amide bonds. The van der Waals surface area contributed by atoms with Crippen molar-refractivity contribution < 1.29 is 19.1 Å². The molecular weight excluding hydrogens is 210 g/mol. The van der Waals surface area contributed by atoms with Gasteiger partial charge in [0.25, 0.3) is 0 Å². The van der Waals surface area contributed by atoms with E-state index >= 15 is 0 Å². The highest BCUT2D eigenvalue weighted by Crippen LogP contribution is 2.21. The van der Waals surface area contributed by atoms with Crippen molar-refractivity contribution in [2.75, 3.05) is 13.7 Å². The van der Waals surface area contributed by atoms with E-state index in [-0.39, 0.29) is 36.5 Å². The van der Waals surface area contributed by atoms with E-state index in [1.807, 2.05) is 13.8 Å². The van der Waals surface area contributed by atoms with Crippen molar-refractivity contribution in [1.82, 2.24) is 4.90 Å². The Labute approximate surface area is 94.7 Å². The molecule has 0 aromatic carbocycles. The summed E-state index contributed by atoms with van der Waals surface area (Å²) in [6.07, 6.45) is -0.0195. The number of methoxy groups -OCH3 is 1. The highest BCUT2D eigenvalue weighted by Gasteiger charge is 2.35. The maximum Gasteiger partial charge on any atom is 0.313 e. The Morgan fingerprint density at radius 1 is 1.50 bits per heavy atom. The van der Waals surface area contributed by atoms with Gasteiger partial charge in [0, 0.05) is 24.9 Å². The number of carbonyl (C=O) groups is 3. The average Bonchev–Trinajstić information content (AvgIpc) is 2.60. The number of esters is 1. The van der Waals surface area contributed by atoms with Crippen LogP contribution < -0.4 is 0 Å². The SMILES string of the molecule is COC(=O)CC(=O)[C@@H]1CC(=O)N(C(C)C)C1. The molecule has 1 rings (SSSR count). The molecule has 1 heterocycles. The zero-order chi connectivity index (χ0) is 12.3. The molecule has 5 heteroatoms. The predicted molar refractivity (Wildman–Crippen MR) is 56.6 cm³/mol. The molecule has 1 aliphatic rings.